The number of nitrogens with zero attached hydrogens (tertiary/aromatic N) is 2. The minimum Gasteiger partial charge on any atom is -0.478 e. The number of amides is 1. The van der Waals surface area contributed by atoms with Crippen LogP contribution < -0.4 is 5.32 Å². The summed E-state index contributed by atoms with van der Waals surface area (Å²) in [6.45, 7) is 5.13. The first-order valence-corrected chi connectivity index (χ1v) is 5.79. The van der Waals surface area contributed by atoms with Crippen molar-refractivity contribution >= 4 is 17.6 Å². The number of hydrogen-bond acceptors (Lipinski definition) is 4. The molecule has 0 bridgehead atoms. The molecule has 0 aliphatic heterocycles. The van der Waals surface area contributed by atoms with Crippen molar-refractivity contribution in [1.29, 1.82) is 0 Å². The van der Waals surface area contributed by atoms with E-state index in [1.807, 2.05) is 13.8 Å². The van der Waals surface area contributed by atoms with Crippen molar-refractivity contribution in [2.75, 3.05) is 25.0 Å². The molecular weight excluding hydrogens is 234 g/mol. The van der Waals surface area contributed by atoms with Gasteiger partial charge in [-0.3, -0.25) is 9.78 Å². The number of aromatic carboxylic acids is 1. The molecule has 0 radical (unpaired) electrons. The van der Waals surface area contributed by atoms with E-state index >= 15 is 0 Å². The van der Waals surface area contributed by atoms with Gasteiger partial charge in [-0.05, 0) is 19.9 Å². The lowest BCUT2D eigenvalue weighted by atomic mass is 10.2. The number of anilines is 1. The van der Waals surface area contributed by atoms with Gasteiger partial charge >= 0.3 is 5.97 Å². The number of aromatic nitrogens is 1. The first-order chi connectivity index (χ1) is 8.60. The fraction of sp³-hybridized carbons (Fsp3) is 0.417. The van der Waals surface area contributed by atoms with Gasteiger partial charge in [0.2, 0.25) is 5.91 Å². The number of carboxylic acids is 1. The van der Waals surface area contributed by atoms with Crippen LogP contribution in [0.2, 0.25) is 0 Å². The first kappa shape index (κ1) is 14.0. The summed E-state index contributed by atoms with van der Waals surface area (Å²) in [5.74, 6) is -1.12. The SMILES string of the molecule is CCN(CC)C(=O)CNc1cnccc1C(=O)O. The van der Waals surface area contributed by atoms with Crippen LogP contribution in [0.15, 0.2) is 18.5 Å². The lowest BCUT2D eigenvalue weighted by Gasteiger charge is -2.19. The molecule has 0 aliphatic carbocycles. The number of rotatable bonds is 6. The van der Waals surface area contributed by atoms with Crippen molar-refractivity contribution in [3.8, 4) is 0 Å². The zero-order valence-corrected chi connectivity index (χ0v) is 10.5. The average Bonchev–Trinajstić information content (AvgIpc) is 2.38. The summed E-state index contributed by atoms with van der Waals surface area (Å²) in [5.41, 5.74) is 0.461. The van der Waals surface area contributed by atoms with Gasteiger partial charge in [0.1, 0.15) is 0 Å². The number of carbonyl (C=O) groups is 2. The molecule has 0 aromatic carbocycles. The number of hydrogen-bond donors (Lipinski definition) is 2. The predicted octanol–water partition coefficient (Wildman–Crippen LogP) is 1.06. The lowest BCUT2D eigenvalue weighted by Crippen LogP contribution is -2.35. The van der Waals surface area contributed by atoms with E-state index in [2.05, 4.69) is 10.3 Å². The first-order valence-electron chi connectivity index (χ1n) is 5.79. The van der Waals surface area contributed by atoms with Crippen LogP contribution in [0, 0.1) is 0 Å². The van der Waals surface area contributed by atoms with E-state index in [1.54, 1.807) is 4.90 Å². The van der Waals surface area contributed by atoms with Gasteiger partial charge < -0.3 is 15.3 Å². The second-order valence-corrected chi connectivity index (χ2v) is 3.65. The van der Waals surface area contributed by atoms with Crippen molar-refractivity contribution in [2.45, 2.75) is 13.8 Å². The summed E-state index contributed by atoms with van der Waals surface area (Å²) in [5, 5.41) is 11.8. The van der Waals surface area contributed by atoms with Crippen molar-refractivity contribution in [1.82, 2.24) is 9.88 Å². The van der Waals surface area contributed by atoms with Crippen LogP contribution in [0.5, 0.6) is 0 Å². The van der Waals surface area contributed by atoms with Crippen LogP contribution in [0.3, 0.4) is 0 Å². The van der Waals surface area contributed by atoms with Crippen molar-refractivity contribution in [3.05, 3.63) is 24.0 Å². The summed E-state index contributed by atoms with van der Waals surface area (Å²) < 4.78 is 0. The van der Waals surface area contributed by atoms with Crippen LogP contribution in [-0.4, -0.2) is 46.5 Å². The zero-order chi connectivity index (χ0) is 13.5. The maximum Gasteiger partial charge on any atom is 0.337 e. The molecule has 6 heteroatoms. The van der Waals surface area contributed by atoms with E-state index in [4.69, 9.17) is 5.11 Å². The summed E-state index contributed by atoms with van der Waals surface area (Å²) >= 11 is 0. The Morgan fingerprint density at radius 2 is 2.06 bits per heavy atom. The molecule has 18 heavy (non-hydrogen) atoms. The van der Waals surface area contributed by atoms with E-state index in [0.29, 0.717) is 18.8 Å². The Balaban J connectivity index is 2.69. The molecule has 6 nitrogen and oxygen atoms in total. The van der Waals surface area contributed by atoms with E-state index < -0.39 is 5.97 Å². The number of nitrogens with one attached hydrogen (secondary N) is 1. The highest BCUT2D eigenvalue weighted by molar-refractivity contribution is 5.94. The molecule has 98 valence electrons. The molecule has 0 fully saturated rings. The molecule has 1 aromatic rings. The highest BCUT2D eigenvalue weighted by Crippen LogP contribution is 2.12. The van der Waals surface area contributed by atoms with Gasteiger partial charge in [-0.2, -0.15) is 0 Å². The van der Waals surface area contributed by atoms with Crippen molar-refractivity contribution < 1.29 is 14.7 Å². The Hall–Kier alpha value is -2.11. The van der Waals surface area contributed by atoms with Gasteiger partial charge in [0, 0.05) is 19.3 Å². The molecule has 0 unspecified atom stereocenters. The quantitative estimate of drug-likeness (QED) is 0.790. The average molecular weight is 251 g/mol. The fourth-order valence-electron chi connectivity index (χ4n) is 1.58. The zero-order valence-electron chi connectivity index (χ0n) is 10.5. The Kier molecular flexibility index (Phi) is 5.10. The largest absolute Gasteiger partial charge is 0.478 e. The Morgan fingerprint density at radius 1 is 1.39 bits per heavy atom. The molecule has 1 amide bonds. The van der Waals surface area contributed by atoms with Gasteiger partial charge in [-0.15, -0.1) is 0 Å². The summed E-state index contributed by atoms with van der Waals surface area (Å²) in [6.07, 6.45) is 2.81. The molecule has 0 spiro atoms. The molecule has 0 atom stereocenters. The van der Waals surface area contributed by atoms with Crippen LogP contribution in [0.25, 0.3) is 0 Å². The fourth-order valence-corrected chi connectivity index (χ4v) is 1.58. The third kappa shape index (κ3) is 3.44. The molecule has 0 aliphatic rings. The maximum absolute atomic E-state index is 11.8. The van der Waals surface area contributed by atoms with Crippen molar-refractivity contribution in [2.24, 2.45) is 0 Å². The third-order valence-electron chi connectivity index (χ3n) is 2.60. The summed E-state index contributed by atoms with van der Waals surface area (Å²) in [7, 11) is 0. The minimum absolute atomic E-state index is 0.0631. The lowest BCUT2D eigenvalue weighted by molar-refractivity contribution is -0.128. The van der Waals surface area contributed by atoms with E-state index in [-0.39, 0.29) is 18.0 Å². The third-order valence-corrected chi connectivity index (χ3v) is 2.60. The Labute approximate surface area is 106 Å². The maximum atomic E-state index is 11.8. The van der Waals surface area contributed by atoms with E-state index in [9.17, 15) is 9.59 Å². The second-order valence-electron chi connectivity index (χ2n) is 3.65. The smallest absolute Gasteiger partial charge is 0.337 e. The number of carbonyl (C=O) groups excluding carboxylic acids is 1. The van der Waals surface area contributed by atoms with Gasteiger partial charge in [0.25, 0.3) is 0 Å². The van der Waals surface area contributed by atoms with Crippen LogP contribution >= 0.6 is 0 Å². The highest BCUT2D eigenvalue weighted by atomic mass is 16.4. The Bertz CT molecular complexity index is 430. The topological polar surface area (TPSA) is 82.5 Å². The van der Waals surface area contributed by atoms with Gasteiger partial charge in [0.15, 0.2) is 0 Å². The monoisotopic (exact) mass is 251 g/mol. The molecule has 0 saturated carbocycles. The molecular formula is C12H17N3O3. The predicted molar refractivity (Wildman–Crippen MR) is 67.6 cm³/mol. The molecule has 2 N–H and O–H groups in total. The van der Waals surface area contributed by atoms with Crippen LogP contribution in [-0.2, 0) is 4.79 Å². The molecule has 1 rings (SSSR count). The van der Waals surface area contributed by atoms with Crippen LogP contribution in [0.4, 0.5) is 5.69 Å². The molecule has 1 heterocycles. The molecule has 1 aromatic heterocycles. The Morgan fingerprint density at radius 3 is 2.61 bits per heavy atom. The normalized spacial score (nSPS) is 9.89. The number of pyridine rings is 1. The minimum atomic E-state index is -1.05. The molecule has 0 saturated heterocycles. The summed E-state index contributed by atoms with van der Waals surface area (Å²) in [4.78, 5) is 28.2. The van der Waals surface area contributed by atoms with E-state index in [0.717, 1.165) is 0 Å². The number of carboxylic acid groups (broad SMARTS) is 1. The second kappa shape index (κ2) is 6.58. The number of likely N-dealkylation sites (N-methyl/N-ethyl adjacent to an activating group) is 1. The highest BCUT2D eigenvalue weighted by Gasteiger charge is 2.12. The standard InChI is InChI=1S/C12H17N3O3/c1-3-15(4-2)11(16)8-14-10-7-13-6-5-9(10)12(17)18/h5-7,14H,3-4,8H2,1-2H3,(H,17,18). The van der Waals surface area contributed by atoms with Gasteiger partial charge in [-0.25, -0.2) is 4.79 Å². The van der Waals surface area contributed by atoms with Gasteiger partial charge in [0.05, 0.1) is 24.0 Å². The van der Waals surface area contributed by atoms with Crippen molar-refractivity contribution in [3.63, 3.8) is 0 Å². The van der Waals surface area contributed by atoms with E-state index in [1.165, 1.54) is 18.5 Å². The van der Waals surface area contributed by atoms with Crippen LogP contribution in [0.1, 0.15) is 24.2 Å². The van der Waals surface area contributed by atoms with Gasteiger partial charge in [-0.1, -0.05) is 0 Å². The summed E-state index contributed by atoms with van der Waals surface area (Å²) in [6, 6.07) is 1.40.